The van der Waals surface area contributed by atoms with Crippen LogP contribution >= 0.6 is 23.8 Å². The van der Waals surface area contributed by atoms with Crippen molar-refractivity contribution < 1.29 is 4.90 Å². The van der Waals surface area contributed by atoms with Crippen LogP contribution < -0.4 is 15.5 Å². The Morgan fingerprint density at radius 3 is 2.77 bits per heavy atom. The maximum atomic E-state index is 5.89. The Labute approximate surface area is 143 Å². The van der Waals surface area contributed by atoms with Crippen LogP contribution in [0, 0.1) is 11.8 Å². The van der Waals surface area contributed by atoms with E-state index in [-0.39, 0.29) is 0 Å². The molecule has 0 amide bonds. The van der Waals surface area contributed by atoms with E-state index in [9.17, 15) is 0 Å². The number of hydrogen-bond acceptors (Lipinski definition) is 1. The van der Waals surface area contributed by atoms with Gasteiger partial charge in [0.15, 0.2) is 5.11 Å². The van der Waals surface area contributed by atoms with Gasteiger partial charge in [-0.05, 0) is 48.8 Å². The first-order chi connectivity index (χ1) is 10.7. The largest absolute Gasteiger partial charge is 0.356 e. The highest BCUT2D eigenvalue weighted by Crippen LogP contribution is 2.28. The van der Waals surface area contributed by atoms with Gasteiger partial charge in [0.25, 0.3) is 0 Å². The molecule has 1 aromatic rings. The number of thiocarbonyl (C=S) groups is 1. The zero-order valence-electron chi connectivity index (χ0n) is 13.1. The Morgan fingerprint density at radius 1 is 1.36 bits per heavy atom. The van der Waals surface area contributed by atoms with E-state index in [0.717, 1.165) is 29.1 Å². The molecule has 3 heterocycles. The van der Waals surface area contributed by atoms with E-state index < -0.39 is 0 Å². The molecular formula is C17H25ClN3S+. The highest BCUT2D eigenvalue weighted by atomic mass is 35.5. The minimum absolute atomic E-state index is 0.705. The number of quaternary nitrogens is 1. The minimum atomic E-state index is 0.705. The quantitative estimate of drug-likeness (QED) is 0.736. The summed E-state index contributed by atoms with van der Waals surface area (Å²) >= 11 is 11.3. The van der Waals surface area contributed by atoms with Gasteiger partial charge in [-0.15, -0.1) is 0 Å². The maximum Gasteiger partial charge on any atom is 0.170 e. The van der Waals surface area contributed by atoms with E-state index in [1.165, 1.54) is 32.4 Å². The predicted molar refractivity (Wildman–Crippen MR) is 96.7 cm³/mol. The number of hydrogen-bond donors (Lipinski definition) is 3. The summed E-state index contributed by atoms with van der Waals surface area (Å²) in [6.07, 6.45) is 4.10. The minimum Gasteiger partial charge on any atom is -0.356 e. The SMILES string of the molecule is CC[C@H]1C[NH+]2CC[C@H]1C[C@@H]2CNC(=S)Nc1ccc(Cl)cc1. The fraction of sp³-hybridized carbons (Fsp3) is 0.588. The second-order valence-electron chi connectivity index (χ2n) is 6.60. The number of rotatable bonds is 4. The molecular weight excluding hydrogens is 314 g/mol. The molecule has 3 aliphatic heterocycles. The Morgan fingerprint density at radius 2 is 2.14 bits per heavy atom. The van der Waals surface area contributed by atoms with E-state index >= 15 is 0 Å². The van der Waals surface area contributed by atoms with Crippen molar-refractivity contribution in [3.63, 3.8) is 0 Å². The van der Waals surface area contributed by atoms with E-state index in [4.69, 9.17) is 23.8 Å². The van der Waals surface area contributed by atoms with Crippen molar-refractivity contribution >= 4 is 34.6 Å². The van der Waals surface area contributed by atoms with E-state index in [0.29, 0.717) is 11.2 Å². The molecule has 0 aliphatic carbocycles. The molecule has 22 heavy (non-hydrogen) atoms. The lowest BCUT2D eigenvalue weighted by Gasteiger charge is -2.46. The van der Waals surface area contributed by atoms with Crippen LogP contribution in [-0.2, 0) is 0 Å². The van der Waals surface area contributed by atoms with Gasteiger partial charge in [-0.1, -0.05) is 18.5 Å². The van der Waals surface area contributed by atoms with E-state index in [2.05, 4.69) is 17.6 Å². The second-order valence-corrected chi connectivity index (χ2v) is 7.45. The number of anilines is 1. The summed E-state index contributed by atoms with van der Waals surface area (Å²) in [6.45, 7) is 6.00. The van der Waals surface area contributed by atoms with Crippen LogP contribution in [0.15, 0.2) is 24.3 Å². The number of nitrogens with one attached hydrogen (secondary N) is 3. The first-order valence-corrected chi connectivity index (χ1v) is 9.09. The maximum absolute atomic E-state index is 5.89. The molecule has 120 valence electrons. The van der Waals surface area contributed by atoms with Gasteiger partial charge < -0.3 is 15.5 Å². The van der Waals surface area contributed by atoms with Crippen LogP contribution in [0.2, 0.25) is 5.02 Å². The van der Waals surface area contributed by atoms with E-state index in [1.54, 1.807) is 4.90 Å². The molecule has 3 saturated heterocycles. The molecule has 3 fully saturated rings. The molecule has 5 heteroatoms. The van der Waals surface area contributed by atoms with Crippen molar-refractivity contribution in [2.75, 3.05) is 25.0 Å². The molecule has 4 rings (SSSR count). The molecule has 0 saturated carbocycles. The molecule has 3 nitrogen and oxygen atoms in total. The number of benzene rings is 1. The zero-order valence-corrected chi connectivity index (χ0v) is 14.6. The summed E-state index contributed by atoms with van der Waals surface area (Å²) in [4.78, 5) is 1.77. The lowest BCUT2D eigenvalue weighted by Crippen LogP contribution is -3.20. The number of piperidine rings is 3. The number of fused-ring (bicyclic) bond motifs is 3. The van der Waals surface area contributed by atoms with Crippen molar-refractivity contribution in [3.05, 3.63) is 29.3 Å². The standard InChI is InChI=1S/C17H24ClN3S/c1-2-12-11-21-8-7-13(12)9-16(21)10-19-17(22)20-15-5-3-14(18)4-6-15/h3-6,12-13,16H,2,7-11H2,1H3,(H2,19,20,22)/p+1/t12-,13-,16+/m0/s1. The Balaban J connectivity index is 1.47. The molecule has 1 aromatic carbocycles. The number of halogens is 1. The summed E-state index contributed by atoms with van der Waals surface area (Å²) in [5.41, 5.74) is 0.978. The molecule has 0 aromatic heterocycles. The van der Waals surface area contributed by atoms with Crippen LogP contribution in [0.1, 0.15) is 26.2 Å². The summed E-state index contributed by atoms with van der Waals surface area (Å²) in [6, 6.07) is 8.34. The molecule has 3 aliphatic rings. The fourth-order valence-corrected chi connectivity index (χ4v) is 4.38. The van der Waals surface area contributed by atoms with Crippen molar-refractivity contribution in [3.8, 4) is 0 Å². The van der Waals surface area contributed by atoms with Crippen molar-refractivity contribution in [1.29, 1.82) is 0 Å². The third-order valence-corrected chi connectivity index (χ3v) is 5.83. The Bertz CT molecular complexity index is 519. The van der Waals surface area contributed by atoms with Gasteiger partial charge in [-0.3, -0.25) is 0 Å². The van der Waals surface area contributed by atoms with Gasteiger partial charge in [-0.2, -0.15) is 0 Å². The van der Waals surface area contributed by atoms with Gasteiger partial charge in [0.1, 0.15) is 6.04 Å². The highest BCUT2D eigenvalue weighted by Gasteiger charge is 2.42. The smallest absolute Gasteiger partial charge is 0.170 e. The third-order valence-electron chi connectivity index (χ3n) is 5.33. The Kier molecular flexibility index (Phi) is 5.21. The second kappa shape index (κ2) is 7.16. The first kappa shape index (κ1) is 16.0. The molecule has 2 bridgehead atoms. The van der Waals surface area contributed by atoms with Gasteiger partial charge >= 0.3 is 0 Å². The summed E-state index contributed by atoms with van der Waals surface area (Å²) in [5, 5.41) is 8.07. The average molecular weight is 339 g/mol. The fourth-order valence-electron chi connectivity index (χ4n) is 4.05. The first-order valence-electron chi connectivity index (χ1n) is 8.30. The summed E-state index contributed by atoms with van der Waals surface area (Å²) in [7, 11) is 0. The van der Waals surface area contributed by atoms with E-state index in [1.807, 2.05) is 24.3 Å². The monoisotopic (exact) mass is 338 g/mol. The lowest BCUT2D eigenvalue weighted by molar-refractivity contribution is -0.945. The van der Waals surface area contributed by atoms with Crippen LogP contribution in [-0.4, -0.2) is 30.8 Å². The van der Waals surface area contributed by atoms with Crippen LogP contribution in [0.25, 0.3) is 0 Å². The average Bonchev–Trinajstić information content (AvgIpc) is 2.55. The van der Waals surface area contributed by atoms with Crippen molar-refractivity contribution in [2.24, 2.45) is 11.8 Å². The van der Waals surface area contributed by atoms with Gasteiger partial charge in [-0.25, -0.2) is 0 Å². The Hall–Kier alpha value is -0.840. The predicted octanol–water partition coefficient (Wildman–Crippen LogP) is 2.33. The van der Waals surface area contributed by atoms with Crippen molar-refractivity contribution in [2.45, 2.75) is 32.2 Å². The lowest BCUT2D eigenvalue weighted by atomic mass is 9.74. The van der Waals surface area contributed by atoms with Crippen LogP contribution in [0.5, 0.6) is 0 Å². The summed E-state index contributed by atoms with van der Waals surface area (Å²) in [5.74, 6) is 1.88. The molecule has 4 atom stereocenters. The van der Waals surface area contributed by atoms with Crippen LogP contribution in [0.3, 0.4) is 0 Å². The van der Waals surface area contributed by atoms with Gasteiger partial charge in [0.2, 0.25) is 0 Å². The van der Waals surface area contributed by atoms with Gasteiger partial charge in [0.05, 0.1) is 19.6 Å². The normalized spacial score (nSPS) is 30.1. The molecule has 3 N–H and O–H groups in total. The third kappa shape index (κ3) is 3.73. The molecule has 1 unspecified atom stereocenters. The molecule has 0 radical (unpaired) electrons. The van der Waals surface area contributed by atoms with Gasteiger partial charge in [0, 0.05) is 29.5 Å². The topological polar surface area (TPSA) is 28.5 Å². The highest BCUT2D eigenvalue weighted by molar-refractivity contribution is 7.80. The zero-order chi connectivity index (χ0) is 15.5. The molecule has 0 spiro atoms. The van der Waals surface area contributed by atoms with Crippen molar-refractivity contribution in [1.82, 2.24) is 5.32 Å². The summed E-state index contributed by atoms with van der Waals surface area (Å²) < 4.78 is 0. The van der Waals surface area contributed by atoms with Crippen LogP contribution in [0.4, 0.5) is 5.69 Å².